The number of alkyl halides is 3. The first-order valence-electron chi connectivity index (χ1n) is 8.91. The average Bonchev–Trinajstić information content (AvgIpc) is 2.78. The zero-order valence-corrected chi connectivity index (χ0v) is 16.5. The van der Waals surface area contributed by atoms with Crippen LogP contribution in [0.4, 0.5) is 24.5 Å². The fraction of sp³-hybridized carbons (Fsp3) is 0.0952. The monoisotopic (exact) mass is 440 g/mol. The molecule has 2 heterocycles. The smallest absolute Gasteiger partial charge is 0.418 e. The van der Waals surface area contributed by atoms with Crippen molar-refractivity contribution in [3.05, 3.63) is 76.7 Å². The van der Waals surface area contributed by atoms with Crippen LogP contribution in [0.1, 0.15) is 32.7 Å². The van der Waals surface area contributed by atoms with Gasteiger partial charge in [-0.05, 0) is 30.3 Å². The average molecular weight is 440 g/mol. The highest BCUT2D eigenvalue weighted by Crippen LogP contribution is 2.32. The Kier molecular flexibility index (Phi) is 6.06. The van der Waals surface area contributed by atoms with Crippen molar-refractivity contribution in [3.63, 3.8) is 0 Å². The first-order valence-corrected chi connectivity index (χ1v) is 8.91. The molecule has 0 spiro atoms. The van der Waals surface area contributed by atoms with Crippen LogP contribution in [0.15, 0.2) is 48.8 Å². The van der Waals surface area contributed by atoms with Gasteiger partial charge in [0.2, 0.25) is 5.88 Å². The number of aromatic nitrogens is 2. The molecule has 32 heavy (non-hydrogen) atoms. The molecule has 0 atom stereocenters. The fourth-order valence-electron chi connectivity index (χ4n) is 2.80. The second-order valence-corrected chi connectivity index (χ2v) is 6.45. The molecule has 2 aromatic heterocycles. The number of anilines is 2. The highest BCUT2D eigenvalue weighted by Gasteiger charge is 2.36. The lowest BCUT2D eigenvalue weighted by molar-refractivity contribution is -0.138. The van der Waals surface area contributed by atoms with Crippen molar-refractivity contribution in [3.8, 4) is 11.9 Å². The van der Waals surface area contributed by atoms with Gasteiger partial charge in [-0.3, -0.25) is 10.2 Å². The van der Waals surface area contributed by atoms with Crippen LogP contribution < -0.4 is 15.8 Å². The number of hydrogen-bond donors (Lipinski definition) is 3. The van der Waals surface area contributed by atoms with Crippen LogP contribution in [0.5, 0.6) is 5.88 Å². The minimum atomic E-state index is -4.89. The van der Waals surface area contributed by atoms with Crippen LogP contribution in [0, 0.1) is 16.7 Å². The number of nitrogens with two attached hydrogens (primary N) is 1. The van der Waals surface area contributed by atoms with Gasteiger partial charge in [-0.1, -0.05) is 0 Å². The third-order valence-electron chi connectivity index (χ3n) is 4.35. The van der Waals surface area contributed by atoms with Crippen molar-refractivity contribution >= 4 is 23.0 Å². The summed E-state index contributed by atoms with van der Waals surface area (Å²) >= 11 is 0. The molecule has 11 heteroatoms. The molecule has 0 aliphatic heterocycles. The second kappa shape index (κ2) is 8.73. The largest absolute Gasteiger partial charge is 0.481 e. The Balaban J connectivity index is 1.94. The Hall–Kier alpha value is -4.46. The van der Waals surface area contributed by atoms with Crippen LogP contribution in [-0.2, 0) is 6.18 Å². The highest BCUT2D eigenvalue weighted by molar-refractivity contribution is 6.15. The number of rotatable bonds is 5. The normalized spacial score (nSPS) is 10.8. The Bertz CT molecular complexity index is 1250. The second-order valence-electron chi connectivity index (χ2n) is 6.45. The van der Waals surface area contributed by atoms with E-state index < -0.39 is 23.3 Å². The first kappa shape index (κ1) is 22.2. The van der Waals surface area contributed by atoms with Gasteiger partial charge in [-0.25, -0.2) is 9.97 Å². The van der Waals surface area contributed by atoms with Crippen molar-refractivity contribution < 1.29 is 22.7 Å². The molecule has 0 saturated carbocycles. The minimum Gasteiger partial charge on any atom is -0.481 e. The van der Waals surface area contributed by atoms with E-state index in [2.05, 4.69) is 15.3 Å². The predicted octanol–water partition coefficient (Wildman–Crippen LogP) is 3.63. The van der Waals surface area contributed by atoms with Gasteiger partial charge in [-0.2, -0.15) is 18.4 Å². The van der Waals surface area contributed by atoms with Crippen molar-refractivity contribution in [1.29, 1.82) is 10.7 Å². The number of halogens is 3. The van der Waals surface area contributed by atoms with Gasteiger partial charge in [-0.15, -0.1) is 0 Å². The van der Waals surface area contributed by atoms with E-state index >= 15 is 0 Å². The summed E-state index contributed by atoms with van der Waals surface area (Å²) in [4.78, 5) is 20.0. The van der Waals surface area contributed by atoms with Gasteiger partial charge < -0.3 is 15.8 Å². The van der Waals surface area contributed by atoms with E-state index in [0.717, 1.165) is 6.20 Å². The summed E-state index contributed by atoms with van der Waals surface area (Å²) in [5.41, 5.74) is 4.39. The maximum absolute atomic E-state index is 13.3. The van der Waals surface area contributed by atoms with E-state index in [-0.39, 0.29) is 34.1 Å². The summed E-state index contributed by atoms with van der Waals surface area (Å²) in [6, 6.07) is 9.35. The third-order valence-corrected chi connectivity index (χ3v) is 4.35. The molecule has 0 radical (unpaired) electrons. The molecule has 8 nitrogen and oxygen atoms in total. The number of nitrogen functional groups attached to an aromatic ring is 1. The van der Waals surface area contributed by atoms with Crippen LogP contribution >= 0.6 is 0 Å². The zero-order chi connectivity index (χ0) is 23.5. The lowest BCUT2D eigenvalue weighted by Crippen LogP contribution is -2.21. The Morgan fingerprint density at radius 1 is 1.22 bits per heavy atom. The summed E-state index contributed by atoms with van der Waals surface area (Å²) in [6.07, 6.45) is -2.56. The van der Waals surface area contributed by atoms with E-state index in [0.29, 0.717) is 11.6 Å². The lowest BCUT2D eigenvalue weighted by atomic mass is 10.0. The zero-order valence-electron chi connectivity index (χ0n) is 16.5. The molecule has 0 saturated heterocycles. The number of carbonyl (C=O) groups excluding carboxylic acids is 1. The molecule has 4 N–H and O–H groups in total. The minimum absolute atomic E-state index is 0.00761. The number of pyridine rings is 2. The molecular formula is C21H15F3N6O2. The molecule has 3 rings (SSSR count). The first-order chi connectivity index (χ1) is 15.1. The van der Waals surface area contributed by atoms with Crippen molar-refractivity contribution in [2.75, 3.05) is 18.2 Å². The Morgan fingerprint density at radius 3 is 2.62 bits per heavy atom. The van der Waals surface area contributed by atoms with Crippen molar-refractivity contribution in [1.82, 2.24) is 9.97 Å². The molecule has 0 unspecified atom stereocenters. The molecule has 162 valence electrons. The van der Waals surface area contributed by atoms with Crippen LogP contribution in [0.3, 0.4) is 0 Å². The van der Waals surface area contributed by atoms with Gasteiger partial charge in [0.1, 0.15) is 11.8 Å². The summed E-state index contributed by atoms with van der Waals surface area (Å²) in [5.74, 6) is -0.850. The third kappa shape index (κ3) is 4.65. The predicted molar refractivity (Wildman–Crippen MR) is 109 cm³/mol. The highest BCUT2D eigenvalue weighted by atomic mass is 19.4. The number of carbonyl (C=O) groups is 1. The topological polar surface area (TPSA) is 138 Å². The maximum Gasteiger partial charge on any atom is 0.418 e. The van der Waals surface area contributed by atoms with Crippen LogP contribution in [-0.4, -0.2) is 28.7 Å². The van der Waals surface area contributed by atoms with Gasteiger partial charge in [0.25, 0.3) is 5.91 Å². The van der Waals surface area contributed by atoms with E-state index in [9.17, 15) is 18.0 Å². The molecular weight excluding hydrogens is 425 g/mol. The quantitative estimate of drug-likeness (QED) is 0.409. The molecule has 3 aromatic rings. The molecule has 0 fully saturated rings. The van der Waals surface area contributed by atoms with Crippen LogP contribution in [0.25, 0.3) is 0 Å². The number of ether oxygens (including phenoxy) is 1. The van der Waals surface area contributed by atoms with Gasteiger partial charge in [0.15, 0.2) is 0 Å². The maximum atomic E-state index is 13.3. The van der Waals surface area contributed by atoms with E-state index in [1.54, 1.807) is 12.1 Å². The van der Waals surface area contributed by atoms with Crippen LogP contribution in [0.2, 0.25) is 0 Å². The number of hydrogen-bond acceptors (Lipinski definition) is 7. The van der Waals surface area contributed by atoms with Gasteiger partial charge >= 0.3 is 6.18 Å². The number of nitrogens with zero attached hydrogens (tertiary/aromatic N) is 3. The van der Waals surface area contributed by atoms with Gasteiger partial charge in [0, 0.05) is 41.0 Å². The number of methoxy groups -OCH3 is 1. The molecule has 0 aliphatic carbocycles. The van der Waals surface area contributed by atoms with Crippen molar-refractivity contribution in [2.45, 2.75) is 6.18 Å². The number of benzene rings is 1. The standard InChI is InChI=1S/C21H15F3N6O2/c1-32-17-7-12(4-5-28-17)18(27)14-8-13(2-3-16(14)26)30-20(31)19-15(21(22,23)24)6-11(9-25)10-29-19/h2-8,10,27H,26H2,1H3,(H,30,31). The van der Waals surface area contributed by atoms with E-state index in [1.165, 1.54) is 37.6 Å². The van der Waals surface area contributed by atoms with E-state index in [1.807, 2.05) is 0 Å². The number of nitriles is 1. The molecule has 1 amide bonds. The summed E-state index contributed by atoms with van der Waals surface area (Å²) in [5, 5.41) is 19.6. The summed E-state index contributed by atoms with van der Waals surface area (Å²) < 4.78 is 45.1. The number of amides is 1. The van der Waals surface area contributed by atoms with Crippen molar-refractivity contribution in [2.24, 2.45) is 0 Å². The Labute approximate surface area is 180 Å². The lowest BCUT2D eigenvalue weighted by Gasteiger charge is -2.14. The Morgan fingerprint density at radius 2 is 1.97 bits per heavy atom. The summed E-state index contributed by atoms with van der Waals surface area (Å²) in [6.45, 7) is 0. The van der Waals surface area contributed by atoms with Gasteiger partial charge in [0.05, 0.1) is 23.9 Å². The summed E-state index contributed by atoms with van der Waals surface area (Å²) in [7, 11) is 1.42. The van der Waals surface area contributed by atoms with E-state index in [4.69, 9.17) is 21.1 Å². The molecule has 0 bridgehead atoms. The number of nitrogens with one attached hydrogen (secondary N) is 2. The SMILES string of the molecule is COc1cc(C(=N)c2cc(NC(=O)c3ncc(C#N)cc3C(F)(F)F)ccc2N)ccn1. The molecule has 0 aliphatic rings. The molecule has 1 aromatic carbocycles. The fourth-order valence-corrected chi connectivity index (χ4v) is 2.80.